The van der Waals surface area contributed by atoms with Crippen molar-refractivity contribution in [3.63, 3.8) is 0 Å². The van der Waals surface area contributed by atoms with E-state index in [2.05, 4.69) is 4.72 Å². The predicted octanol–water partition coefficient (Wildman–Crippen LogP) is 3.98. The average molecular weight is 438 g/mol. The molecule has 0 saturated carbocycles. The van der Waals surface area contributed by atoms with E-state index in [9.17, 15) is 23.3 Å². The highest BCUT2D eigenvalue weighted by atomic mass is 35.5. The first kappa shape index (κ1) is 21.1. The molecule has 1 N–H and O–H groups in total. The molecule has 0 bridgehead atoms. The minimum Gasteiger partial charge on any atom is -0.339 e. The lowest BCUT2D eigenvalue weighted by Gasteiger charge is -2.27. The van der Waals surface area contributed by atoms with Crippen LogP contribution >= 0.6 is 11.6 Å². The van der Waals surface area contributed by atoms with E-state index in [1.165, 1.54) is 43.3 Å². The van der Waals surface area contributed by atoms with Gasteiger partial charge in [0.25, 0.3) is 21.6 Å². The Morgan fingerprint density at radius 2 is 1.86 bits per heavy atom. The second kappa shape index (κ2) is 8.38. The lowest BCUT2D eigenvalue weighted by Crippen LogP contribution is -2.36. The molecule has 0 unspecified atom stereocenters. The quantitative estimate of drug-likeness (QED) is 0.561. The van der Waals surface area contributed by atoms with Crippen LogP contribution in [0.1, 0.15) is 35.2 Å². The topological polar surface area (TPSA) is 110 Å². The standard InChI is InChI=1S/C19H20ClN3O5S/c1-13-17(23(25)26)6-5-7-18(13)29(27,28)21-16-12-14(20)8-9-15(16)19(24)22-10-3-2-4-11-22/h5-9,12,21H,2-4,10-11H2,1H3. The fourth-order valence-corrected chi connectivity index (χ4v) is 4.85. The van der Waals surface area contributed by atoms with E-state index in [1.54, 1.807) is 4.90 Å². The fraction of sp³-hybridized carbons (Fsp3) is 0.316. The molecule has 1 heterocycles. The zero-order valence-electron chi connectivity index (χ0n) is 15.7. The minimum absolute atomic E-state index is 0.0101. The zero-order chi connectivity index (χ0) is 21.2. The van der Waals surface area contributed by atoms with Crippen molar-refractivity contribution in [3.05, 3.63) is 62.7 Å². The van der Waals surface area contributed by atoms with E-state index in [1.807, 2.05) is 0 Å². The Hall–Kier alpha value is -2.65. The number of carbonyl (C=O) groups excluding carboxylic acids is 1. The third kappa shape index (κ3) is 4.51. The van der Waals surface area contributed by atoms with Crippen LogP contribution in [0.2, 0.25) is 5.02 Å². The van der Waals surface area contributed by atoms with E-state index >= 15 is 0 Å². The molecular weight excluding hydrogens is 418 g/mol. The highest BCUT2D eigenvalue weighted by molar-refractivity contribution is 7.92. The van der Waals surface area contributed by atoms with Crippen molar-refractivity contribution in [2.75, 3.05) is 17.8 Å². The molecule has 0 spiro atoms. The molecule has 1 amide bonds. The molecule has 0 atom stereocenters. The third-order valence-corrected chi connectivity index (χ3v) is 6.59. The van der Waals surface area contributed by atoms with Gasteiger partial charge in [-0.25, -0.2) is 8.42 Å². The molecule has 29 heavy (non-hydrogen) atoms. The Kier molecular flexibility index (Phi) is 6.09. The van der Waals surface area contributed by atoms with E-state index in [0.717, 1.165) is 19.3 Å². The van der Waals surface area contributed by atoms with Gasteiger partial charge >= 0.3 is 0 Å². The first-order valence-corrected chi connectivity index (χ1v) is 10.9. The van der Waals surface area contributed by atoms with Crippen molar-refractivity contribution in [3.8, 4) is 0 Å². The maximum atomic E-state index is 13.0. The number of halogens is 1. The van der Waals surface area contributed by atoms with Gasteiger partial charge in [0.05, 0.1) is 21.1 Å². The van der Waals surface area contributed by atoms with E-state index < -0.39 is 14.9 Å². The van der Waals surface area contributed by atoms with Crippen LogP contribution in [0.25, 0.3) is 0 Å². The van der Waals surface area contributed by atoms with Crippen LogP contribution in [-0.2, 0) is 10.0 Å². The van der Waals surface area contributed by atoms with Crippen LogP contribution in [0, 0.1) is 17.0 Å². The molecule has 1 saturated heterocycles. The number of piperidine rings is 1. The molecule has 1 aliphatic rings. The van der Waals surface area contributed by atoms with Crippen molar-refractivity contribution in [1.29, 1.82) is 0 Å². The average Bonchev–Trinajstić information content (AvgIpc) is 2.68. The fourth-order valence-electron chi connectivity index (χ4n) is 3.35. The summed E-state index contributed by atoms with van der Waals surface area (Å²) in [5.74, 6) is -0.283. The summed E-state index contributed by atoms with van der Waals surface area (Å²) in [6, 6.07) is 8.19. The van der Waals surface area contributed by atoms with Gasteiger partial charge in [-0.2, -0.15) is 0 Å². The van der Waals surface area contributed by atoms with Crippen LogP contribution in [0.5, 0.6) is 0 Å². The maximum Gasteiger partial charge on any atom is 0.273 e. The normalized spacial score (nSPS) is 14.5. The van der Waals surface area contributed by atoms with Gasteiger partial charge in [-0.15, -0.1) is 0 Å². The molecule has 8 nitrogen and oxygen atoms in total. The number of benzene rings is 2. The number of amides is 1. The van der Waals surface area contributed by atoms with Gasteiger partial charge in [0, 0.05) is 29.7 Å². The highest BCUT2D eigenvalue weighted by Crippen LogP contribution is 2.29. The van der Waals surface area contributed by atoms with Crippen molar-refractivity contribution in [2.24, 2.45) is 0 Å². The number of likely N-dealkylation sites (tertiary alicyclic amines) is 1. The van der Waals surface area contributed by atoms with Crippen molar-refractivity contribution in [2.45, 2.75) is 31.1 Å². The number of hydrogen-bond acceptors (Lipinski definition) is 5. The van der Waals surface area contributed by atoms with Crippen LogP contribution in [0.4, 0.5) is 11.4 Å². The molecular formula is C19H20ClN3O5S. The molecule has 2 aromatic rings. The van der Waals surface area contributed by atoms with Crippen LogP contribution in [0.3, 0.4) is 0 Å². The molecule has 0 aliphatic carbocycles. The van der Waals surface area contributed by atoms with Gasteiger partial charge in [0.2, 0.25) is 0 Å². The van der Waals surface area contributed by atoms with Gasteiger partial charge in [-0.3, -0.25) is 19.6 Å². The van der Waals surface area contributed by atoms with Crippen LogP contribution in [0.15, 0.2) is 41.3 Å². The molecule has 154 valence electrons. The second-order valence-corrected chi connectivity index (χ2v) is 8.89. The Balaban J connectivity index is 1.99. The summed E-state index contributed by atoms with van der Waals surface area (Å²) >= 11 is 6.03. The molecule has 3 rings (SSSR count). The van der Waals surface area contributed by atoms with Gasteiger partial charge in [0.1, 0.15) is 0 Å². The van der Waals surface area contributed by atoms with Crippen LogP contribution in [-0.4, -0.2) is 37.2 Å². The summed E-state index contributed by atoms with van der Waals surface area (Å²) in [4.78, 5) is 24.9. The summed E-state index contributed by atoms with van der Waals surface area (Å²) in [6.45, 7) is 2.58. The number of nitro groups is 1. The number of nitro benzene ring substituents is 1. The molecule has 0 aromatic heterocycles. The number of nitrogens with zero attached hydrogens (tertiary/aromatic N) is 2. The molecule has 10 heteroatoms. The number of sulfonamides is 1. The van der Waals surface area contributed by atoms with Crippen molar-refractivity contribution in [1.82, 2.24) is 4.90 Å². The molecule has 2 aromatic carbocycles. The minimum atomic E-state index is -4.19. The number of nitrogens with one attached hydrogen (secondary N) is 1. The molecule has 1 aliphatic heterocycles. The van der Waals surface area contributed by atoms with E-state index in [4.69, 9.17) is 11.6 Å². The highest BCUT2D eigenvalue weighted by Gasteiger charge is 2.26. The van der Waals surface area contributed by atoms with Gasteiger partial charge in [-0.1, -0.05) is 17.7 Å². The summed E-state index contributed by atoms with van der Waals surface area (Å²) in [6.07, 6.45) is 2.84. The van der Waals surface area contributed by atoms with Gasteiger partial charge in [-0.05, 0) is 50.5 Å². The largest absolute Gasteiger partial charge is 0.339 e. The summed E-state index contributed by atoms with van der Waals surface area (Å²) < 4.78 is 28.3. The Morgan fingerprint density at radius 3 is 2.52 bits per heavy atom. The first-order valence-electron chi connectivity index (χ1n) is 9.06. The Labute approximate surface area is 173 Å². The van der Waals surface area contributed by atoms with Crippen molar-refractivity contribution < 1.29 is 18.1 Å². The summed E-state index contributed by atoms with van der Waals surface area (Å²) in [5.41, 5.74) is -0.0681. The van der Waals surface area contributed by atoms with Gasteiger partial charge < -0.3 is 4.90 Å². The van der Waals surface area contributed by atoms with Crippen molar-refractivity contribution >= 4 is 38.9 Å². The third-order valence-electron chi connectivity index (χ3n) is 4.84. The van der Waals surface area contributed by atoms with E-state index in [-0.39, 0.29) is 38.3 Å². The monoisotopic (exact) mass is 437 g/mol. The van der Waals surface area contributed by atoms with Crippen LogP contribution < -0.4 is 4.72 Å². The SMILES string of the molecule is Cc1c([N+](=O)[O-])cccc1S(=O)(=O)Nc1cc(Cl)ccc1C(=O)N1CCCCC1. The predicted molar refractivity (Wildman–Crippen MR) is 110 cm³/mol. The molecule has 0 radical (unpaired) electrons. The number of hydrogen-bond donors (Lipinski definition) is 1. The number of rotatable bonds is 5. The number of anilines is 1. The summed E-state index contributed by atoms with van der Waals surface area (Å²) in [5, 5.41) is 11.4. The summed E-state index contributed by atoms with van der Waals surface area (Å²) in [7, 11) is -4.19. The zero-order valence-corrected chi connectivity index (χ0v) is 17.3. The number of carbonyl (C=O) groups is 1. The first-order chi connectivity index (χ1) is 13.7. The lowest BCUT2D eigenvalue weighted by molar-refractivity contribution is -0.385. The lowest BCUT2D eigenvalue weighted by atomic mass is 10.1. The second-order valence-electron chi connectivity index (χ2n) is 6.81. The Bertz CT molecular complexity index is 1070. The maximum absolute atomic E-state index is 13.0. The van der Waals surface area contributed by atoms with E-state index in [0.29, 0.717) is 13.1 Å². The Morgan fingerprint density at radius 1 is 1.17 bits per heavy atom. The smallest absolute Gasteiger partial charge is 0.273 e. The van der Waals surface area contributed by atoms with Gasteiger partial charge in [0.15, 0.2) is 0 Å². The molecule has 1 fully saturated rings.